The fourth-order valence-corrected chi connectivity index (χ4v) is 2.60. The third kappa shape index (κ3) is 2.66. The Bertz CT molecular complexity index is 482. The Morgan fingerprint density at radius 3 is 2.53 bits per heavy atom. The van der Waals surface area contributed by atoms with E-state index in [1.165, 1.54) is 11.1 Å². The molecule has 19 heavy (non-hydrogen) atoms. The highest BCUT2D eigenvalue weighted by Gasteiger charge is 2.23. The van der Waals surface area contributed by atoms with Gasteiger partial charge >= 0.3 is 0 Å². The highest BCUT2D eigenvalue weighted by Crippen LogP contribution is 2.32. The molecule has 3 nitrogen and oxygen atoms in total. The first kappa shape index (κ1) is 14.1. The number of anilines is 1. The molecule has 0 radical (unpaired) electrons. The summed E-state index contributed by atoms with van der Waals surface area (Å²) in [6.45, 7) is 6.61. The monoisotopic (exact) mass is 260 g/mol. The molecule has 1 aliphatic heterocycles. The molecule has 3 heteroatoms. The maximum atomic E-state index is 11.7. The SMILES string of the molecule is CC(C)C(C)C(N)c1ccc2c(c1)CCC(=O)N2C. The van der Waals surface area contributed by atoms with Gasteiger partial charge in [0.1, 0.15) is 0 Å². The number of amides is 1. The lowest BCUT2D eigenvalue weighted by Crippen LogP contribution is -2.31. The molecule has 0 aliphatic carbocycles. The fraction of sp³-hybridized carbons (Fsp3) is 0.562. The predicted octanol–water partition coefficient (Wildman–Crippen LogP) is 2.89. The number of nitrogens with zero attached hydrogens (tertiary/aromatic N) is 1. The third-order valence-corrected chi connectivity index (χ3v) is 4.45. The number of rotatable bonds is 3. The number of hydrogen-bond donors (Lipinski definition) is 1. The van der Waals surface area contributed by atoms with Crippen LogP contribution in [0, 0.1) is 11.8 Å². The van der Waals surface area contributed by atoms with Crippen molar-refractivity contribution in [2.45, 2.75) is 39.7 Å². The zero-order valence-electron chi connectivity index (χ0n) is 12.3. The molecule has 2 rings (SSSR count). The second-order valence-corrected chi connectivity index (χ2v) is 5.97. The van der Waals surface area contributed by atoms with Gasteiger partial charge in [-0.1, -0.05) is 32.9 Å². The first-order valence-corrected chi connectivity index (χ1v) is 7.06. The Kier molecular flexibility index (Phi) is 3.95. The molecular formula is C16H24N2O. The molecule has 0 fully saturated rings. The molecule has 0 saturated heterocycles. The van der Waals surface area contributed by atoms with Crippen molar-refractivity contribution in [1.29, 1.82) is 0 Å². The first-order valence-electron chi connectivity index (χ1n) is 7.06. The van der Waals surface area contributed by atoms with Crippen LogP contribution < -0.4 is 10.6 Å². The standard InChI is InChI=1S/C16H24N2O/c1-10(2)11(3)16(17)13-5-7-14-12(9-13)6-8-15(19)18(14)4/h5,7,9-11,16H,6,8,17H2,1-4H3. The summed E-state index contributed by atoms with van der Waals surface area (Å²) in [5.74, 6) is 1.20. The molecule has 0 spiro atoms. The van der Waals surface area contributed by atoms with Gasteiger partial charge in [-0.05, 0) is 35.4 Å². The van der Waals surface area contributed by atoms with Crippen LogP contribution in [-0.4, -0.2) is 13.0 Å². The number of carbonyl (C=O) groups excluding carboxylic acids is 1. The van der Waals surface area contributed by atoms with Crippen LogP contribution in [0.4, 0.5) is 5.69 Å². The van der Waals surface area contributed by atoms with E-state index in [1.54, 1.807) is 4.90 Å². The van der Waals surface area contributed by atoms with Crippen LogP contribution in [0.15, 0.2) is 18.2 Å². The minimum absolute atomic E-state index is 0.0632. The number of nitrogens with two attached hydrogens (primary N) is 1. The van der Waals surface area contributed by atoms with E-state index in [2.05, 4.69) is 32.9 Å². The minimum Gasteiger partial charge on any atom is -0.324 e. The van der Waals surface area contributed by atoms with Gasteiger partial charge in [-0.2, -0.15) is 0 Å². The average molecular weight is 260 g/mol. The molecule has 1 aromatic carbocycles. The lowest BCUT2D eigenvalue weighted by molar-refractivity contribution is -0.118. The lowest BCUT2D eigenvalue weighted by Gasteiger charge is -2.28. The first-order chi connectivity index (χ1) is 8.91. The van der Waals surface area contributed by atoms with E-state index >= 15 is 0 Å². The minimum atomic E-state index is 0.0632. The Labute approximate surface area is 115 Å². The molecule has 2 atom stereocenters. The van der Waals surface area contributed by atoms with E-state index < -0.39 is 0 Å². The average Bonchev–Trinajstić information content (AvgIpc) is 2.40. The van der Waals surface area contributed by atoms with Crippen molar-refractivity contribution >= 4 is 11.6 Å². The Balaban J connectivity index is 2.29. The molecule has 0 bridgehead atoms. The van der Waals surface area contributed by atoms with Crippen LogP contribution in [0.5, 0.6) is 0 Å². The van der Waals surface area contributed by atoms with Gasteiger partial charge in [-0.3, -0.25) is 4.79 Å². The highest BCUT2D eigenvalue weighted by atomic mass is 16.2. The summed E-state index contributed by atoms with van der Waals surface area (Å²) in [5, 5.41) is 0. The van der Waals surface area contributed by atoms with Gasteiger partial charge in [0.2, 0.25) is 5.91 Å². The summed E-state index contributed by atoms with van der Waals surface area (Å²) in [6, 6.07) is 6.35. The zero-order chi connectivity index (χ0) is 14.2. The van der Waals surface area contributed by atoms with E-state index in [4.69, 9.17) is 5.73 Å². The van der Waals surface area contributed by atoms with Crippen LogP contribution in [-0.2, 0) is 11.2 Å². The molecule has 2 unspecified atom stereocenters. The fourth-order valence-electron chi connectivity index (χ4n) is 2.60. The summed E-state index contributed by atoms with van der Waals surface area (Å²) in [4.78, 5) is 13.4. The van der Waals surface area contributed by atoms with Crippen molar-refractivity contribution in [2.24, 2.45) is 17.6 Å². The van der Waals surface area contributed by atoms with Crippen LogP contribution in [0.1, 0.15) is 44.4 Å². The Morgan fingerprint density at radius 2 is 1.89 bits per heavy atom. The summed E-state index contributed by atoms with van der Waals surface area (Å²) in [6.07, 6.45) is 1.43. The van der Waals surface area contributed by atoms with Crippen LogP contribution in [0.2, 0.25) is 0 Å². The van der Waals surface area contributed by atoms with Crippen molar-refractivity contribution in [3.05, 3.63) is 29.3 Å². The highest BCUT2D eigenvalue weighted by molar-refractivity contribution is 5.95. The number of fused-ring (bicyclic) bond motifs is 1. The predicted molar refractivity (Wildman–Crippen MR) is 79.1 cm³/mol. The lowest BCUT2D eigenvalue weighted by atomic mass is 9.85. The van der Waals surface area contributed by atoms with E-state index in [9.17, 15) is 4.79 Å². The van der Waals surface area contributed by atoms with Gasteiger partial charge in [0, 0.05) is 25.2 Å². The summed E-state index contributed by atoms with van der Waals surface area (Å²) in [7, 11) is 1.84. The molecule has 104 valence electrons. The summed E-state index contributed by atoms with van der Waals surface area (Å²) < 4.78 is 0. The zero-order valence-corrected chi connectivity index (χ0v) is 12.3. The van der Waals surface area contributed by atoms with Crippen molar-refractivity contribution in [3.63, 3.8) is 0 Å². The second-order valence-electron chi connectivity index (χ2n) is 5.97. The molecule has 1 aliphatic rings. The van der Waals surface area contributed by atoms with E-state index in [0.29, 0.717) is 18.3 Å². The maximum absolute atomic E-state index is 11.7. The second kappa shape index (κ2) is 5.33. The Hall–Kier alpha value is -1.35. The van der Waals surface area contributed by atoms with Crippen molar-refractivity contribution in [1.82, 2.24) is 0 Å². The summed E-state index contributed by atoms with van der Waals surface area (Å²) >= 11 is 0. The summed E-state index contributed by atoms with van der Waals surface area (Å²) in [5.41, 5.74) is 9.81. The molecular weight excluding hydrogens is 236 g/mol. The number of hydrogen-bond acceptors (Lipinski definition) is 2. The van der Waals surface area contributed by atoms with E-state index in [0.717, 1.165) is 12.1 Å². The van der Waals surface area contributed by atoms with Gasteiger partial charge in [-0.15, -0.1) is 0 Å². The number of benzene rings is 1. The van der Waals surface area contributed by atoms with Crippen molar-refractivity contribution < 1.29 is 4.79 Å². The van der Waals surface area contributed by atoms with Crippen LogP contribution >= 0.6 is 0 Å². The van der Waals surface area contributed by atoms with Gasteiger partial charge in [0.15, 0.2) is 0 Å². The van der Waals surface area contributed by atoms with Gasteiger partial charge in [0.05, 0.1) is 0 Å². The quantitative estimate of drug-likeness (QED) is 0.908. The molecule has 0 saturated carbocycles. The van der Waals surface area contributed by atoms with Crippen LogP contribution in [0.25, 0.3) is 0 Å². The molecule has 1 heterocycles. The third-order valence-electron chi connectivity index (χ3n) is 4.45. The molecule has 1 aromatic rings. The maximum Gasteiger partial charge on any atom is 0.227 e. The largest absolute Gasteiger partial charge is 0.324 e. The van der Waals surface area contributed by atoms with Crippen molar-refractivity contribution in [3.8, 4) is 0 Å². The Morgan fingerprint density at radius 1 is 1.21 bits per heavy atom. The number of aryl methyl sites for hydroxylation is 1. The van der Waals surface area contributed by atoms with E-state index in [1.807, 2.05) is 13.1 Å². The molecule has 0 aromatic heterocycles. The smallest absolute Gasteiger partial charge is 0.227 e. The molecule has 1 amide bonds. The van der Waals surface area contributed by atoms with Gasteiger partial charge in [-0.25, -0.2) is 0 Å². The molecule has 2 N–H and O–H groups in total. The van der Waals surface area contributed by atoms with Crippen LogP contribution in [0.3, 0.4) is 0 Å². The normalized spacial score (nSPS) is 18.4. The van der Waals surface area contributed by atoms with Crippen molar-refractivity contribution in [2.75, 3.05) is 11.9 Å². The van der Waals surface area contributed by atoms with Gasteiger partial charge in [0.25, 0.3) is 0 Å². The van der Waals surface area contributed by atoms with E-state index in [-0.39, 0.29) is 11.9 Å². The number of carbonyl (C=O) groups is 1. The van der Waals surface area contributed by atoms with Gasteiger partial charge < -0.3 is 10.6 Å². The topological polar surface area (TPSA) is 46.3 Å².